The lowest BCUT2D eigenvalue weighted by Gasteiger charge is -2.31. The number of rotatable bonds is 2. The predicted octanol–water partition coefficient (Wildman–Crippen LogP) is 0.244. The minimum absolute atomic E-state index is 0.0588. The van der Waals surface area contributed by atoms with Crippen LogP contribution in [0.3, 0.4) is 0 Å². The molecule has 0 N–H and O–H groups in total. The first-order chi connectivity index (χ1) is 9.96. The number of hydrogen-bond acceptors (Lipinski definition) is 7. The van der Waals surface area contributed by atoms with Crippen LogP contribution in [0.2, 0.25) is 0 Å². The molecule has 21 heavy (non-hydrogen) atoms. The Balaban J connectivity index is 2.07. The fraction of sp³-hybridized carbons (Fsp3) is 0.455. The molecule has 0 aromatic carbocycles. The van der Waals surface area contributed by atoms with Crippen molar-refractivity contribution in [2.45, 2.75) is 17.9 Å². The van der Waals surface area contributed by atoms with Crippen LogP contribution in [-0.4, -0.2) is 20.5 Å². The van der Waals surface area contributed by atoms with Crippen LogP contribution in [0.5, 0.6) is 0 Å². The van der Waals surface area contributed by atoms with Gasteiger partial charge in [0.15, 0.2) is 0 Å². The largest absolute Gasteiger partial charge is 0.359 e. The van der Waals surface area contributed by atoms with Gasteiger partial charge in [-0.2, -0.15) is 0 Å². The van der Waals surface area contributed by atoms with E-state index in [-0.39, 0.29) is 22.2 Å². The van der Waals surface area contributed by atoms with Crippen molar-refractivity contribution < 1.29 is 19.4 Å². The van der Waals surface area contributed by atoms with Crippen LogP contribution >= 0.6 is 0 Å². The molecular formula is C11H8N4O6. The van der Waals surface area contributed by atoms with Crippen molar-refractivity contribution >= 4 is 5.70 Å². The molecule has 0 amide bonds. The SMILES string of the molecule is O=[N+]([O-])C1=C[C@]2([N+](=O)[O-])[C@H]3C=C[C@H](C3)[C@@H]2c2c1no[n+]2[O-]. The predicted molar refractivity (Wildman–Crippen MR) is 63.6 cm³/mol. The fourth-order valence-corrected chi connectivity index (χ4v) is 3.93. The highest BCUT2D eigenvalue weighted by atomic mass is 16.8. The second-order valence-electron chi connectivity index (χ2n) is 5.46. The monoisotopic (exact) mass is 292 g/mol. The van der Waals surface area contributed by atoms with Crippen molar-refractivity contribution in [3.8, 4) is 0 Å². The molecule has 1 saturated carbocycles. The van der Waals surface area contributed by atoms with E-state index in [1.807, 2.05) is 6.08 Å². The van der Waals surface area contributed by atoms with Gasteiger partial charge in [0, 0.05) is 4.92 Å². The quantitative estimate of drug-likeness (QED) is 0.329. The minimum Gasteiger partial charge on any atom is -0.359 e. The summed E-state index contributed by atoms with van der Waals surface area (Å²) < 4.78 is 4.46. The van der Waals surface area contributed by atoms with Crippen molar-refractivity contribution in [3.05, 3.63) is 55.1 Å². The molecule has 0 radical (unpaired) electrons. The summed E-state index contributed by atoms with van der Waals surface area (Å²) in [6, 6.07) is 0. The number of nitrogens with zero attached hydrogens (tertiary/aromatic N) is 4. The third-order valence-electron chi connectivity index (χ3n) is 4.70. The van der Waals surface area contributed by atoms with Gasteiger partial charge in [-0.05, 0) is 17.2 Å². The highest BCUT2D eigenvalue weighted by Crippen LogP contribution is 2.60. The van der Waals surface area contributed by atoms with E-state index in [2.05, 4.69) is 9.79 Å². The van der Waals surface area contributed by atoms with Gasteiger partial charge in [0.25, 0.3) is 5.54 Å². The smallest absolute Gasteiger partial charge is 0.329 e. The first-order valence-corrected chi connectivity index (χ1v) is 6.27. The van der Waals surface area contributed by atoms with Gasteiger partial charge < -0.3 is 5.21 Å². The molecule has 10 nitrogen and oxygen atoms in total. The van der Waals surface area contributed by atoms with Gasteiger partial charge in [0.1, 0.15) is 5.92 Å². The molecule has 0 aliphatic heterocycles. The van der Waals surface area contributed by atoms with E-state index in [9.17, 15) is 25.4 Å². The van der Waals surface area contributed by atoms with Crippen LogP contribution in [0.25, 0.3) is 5.70 Å². The zero-order valence-electron chi connectivity index (χ0n) is 10.4. The van der Waals surface area contributed by atoms with Crippen LogP contribution in [0.4, 0.5) is 0 Å². The van der Waals surface area contributed by atoms with E-state index in [1.165, 1.54) is 0 Å². The number of aromatic nitrogens is 2. The third kappa shape index (κ3) is 1.18. The first-order valence-electron chi connectivity index (χ1n) is 6.27. The summed E-state index contributed by atoms with van der Waals surface area (Å²) in [4.78, 5) is 21.7. The van der Waals surface area contributed by atoms with Crippen LogP contribution in [0, 0.1) is 37.3 Å². The van der Waals surface area contributed by atoms with Crippen molar-refractivity contribution in [3.63, 3.8) is 0 Å². The Morgan fingerprint density at radius 2 is 2.14 bits per heavy atom. The Bertz CT molecular complexity index is 752. The summed E-state index contributed by atoms with van der Waals surface area (Å²) in [5.41, 5.74) is -2.54. The van der Waals surface area contributed by atoms with Gasteiger partial charge in [-0.3, -0.25) is 24.9 Å². The fourth-order valence-electron chi connectivity index (χ4n) is 3.93. The number of hydrogen-bond donors (Lipinski definition) is 0. The molecule has 1 heterocycles. The van der Waals surface area contributed by atoms with Crippen LogP contribution in [-0.2, 0) is 0 Å². The first kappa shape index (κ1) is 12.0. The van der Waals surface area contributed by atoms with Gasteiger partial charge in [0.2, 0.25) is 5.69 Å². The summed E-state index contributed by atoms with van der Waals surface area (Å²) >= 11 is 0. The van der Waals surface area contributed by atoms with Crippen LogP contribution in [0.15, 0.2) is 22.9 Å². The van der Waals surface area contributed by atoms with Gasteiger partial charge in [-0.15, -0.1) is 0 Å². The average Bonchev–Trinajstić information content (AvgIpc) is 3.11. The number of allylic oxidation sites excluding steroid dienone is 1. The number of nitro groups is 2. The van der Waals surface area contributed by atoms with Crippen molar-refractivity contribution in [2.24, 2.45) is 11.8 Å². The van der Waals surface area contributed by atoms with Crippen molar-refractivity contribution in [1.29, 1.82) is 0 Å². The maximum atomic E-state index is 11.8. The third-order valence-corrected chi connectivity index (χ3v) is 4.70. The maximum absolute atomic E-state index is 11.8. The molecule has 0 unspecified atom stereocenters. The Kier molecular flexibility index (Phi) is 1.97. The molecule has 10 heteroatoms. The summed E-state index contributed by atoms with van der Waals surface area (Å²) in [5, 5.41) is 38.1. The van der Waals surface area contributed by atoms with Crippen molar-refractivity contribution in [1.82, 2.24) is 5.16 Å². The molecule has 3 aliphatic carbocycles. The molecule has 0 spiro atoms. The summed E-state index contributed by atoms with van der Waals surface area (Å²) in [7, 11) is 0. The standard InChI is InChI=1S/C11H8N4O6/c16-13(17)7-4-11(15(19)20)6-2-1-5(3-6)8(11)10-9(7)12-21-14(10)18/h1-2,4-6,8H,3H2/t5-,6+,8-,11+/m1/s1. The summed E-state index contributed by atoms with van der Waals surface area (Å²) in [6.45, 7) is 0. The van der Waals surface area contributed by atoms with E-state index >= 15 is 0 Å². The second-order valence-corrected chi connectivity index (χ2v) is 5.46. The van der Waals surface area contributed by atoms with Gasteiger partial charge in [-0.1, -0.05) is 12.2 Å². The molecule has 4 rings (SSSR count). The Morgan fingerprint density at radius 1 is 1.38 bits per heavy atom. The molecule has 3 aliphatic rings. The van der Waals surface area contributed by atoms with Crippen LogP contribution in [0.1, 0.15) is 23.7 Å². The van der Waals surface area contributed by atoms with E-state index in [4.69, 9.17) is 0 Å². The normalized spacial score (nSPS) is 35.2. The topological polar surface area (TPSA) is 139 Å². The molecule has 2 bridgehead atoms. The van der Waals surface area contributed by atoms with Gasteiger partial charge in [0.05, 0.1) is 22.1 Å². The Morgan fingerprint density at radius 3 is 2.81 bits per heavy atom. The molecular weight excluding hydrogens is 284 g/mol. The van der Waals surface area contributed by atoms with E-state index in [0.29, 0.717) is 6.42 Å². The summed E-state index contributed by atoms with van der Waals surface area (Å²) in [6.07, 6.45) is 5.04. The molecule has 108 valence electrons. The van der Waals surface area contributed by atoms with Crippen LogP contribution < -0.4 is 4.90 Å². The van der Waals surface area contributed by atoms with Crippen molar-refractivity contribution in [2.75, 3.05) is 0 Å². The lowest BCUT2D eigenvalue weighted by Crippen LogP contribution is -2.51. The lowest BCUT2D eigenvalue weighted by molar-refractivity contribution is -0.810. The van der Waals surface area contributed by atoms with Gasteiger partial charge >= 0.3 is 11.4 Å². The maximum Gasteiger partial charge on any atom is 0.329 e. The lowest BCUT2D eigenvalue weighted by atomic mass is 9.70. The highest BCUT2D eigenvalue weighted by molar-refractivity contribution is 5.63. The van der Waals surface area contributed by atoms with E-state index < -0.39 is 32.9 Å². The Hall–Kier alpha value is -2.78. The average molecular weight is 292 g/mol. The second kappa shape index (κ2) is 3.45. The van der Waals surface area contributed by atoms with E-state index in [0.717, 1.165) is 6.08 Å². The highest BCUT2D eigenvalue weighted by Gasteiger charge is 2.71. The molecule has 1 aromatic rings. The van der Waals surface area contributed by atoms with E-state index in [1.54, 1.807) is 6.08 Å². The molecule has 1 aromatic heterocycles. The zero-order valence-corrected chi connectivity index (χ0v) is 10.4. The molecule has 0 saturated heterocycles. The van der Waals surface area contributed by atoms with Gasteiger partial charge in [-0.25, -0.2) is 0 Å². The summed E-state index contributed by atoms with van der Waals surface area (Å²) in [5.74, 6) is -1.48. The molecule has 1 fully saturated rings. The Labute approximate surface area is 116 Å². The number of fused-ring (bicyclic) bond motifs is 7. The molecule has 4 atom stereocenters. The zero-order chi connectivity index (χ0) is 14.9. The minimum atomic E-state index is -1.67.